The van der Waals surface area contributed by atoms with Crippen molar-refractivity contribution >= 4 is 29.5 Å². The van der Waals surface area contributed by atoms with E-state index in [1.807, 2.05) is 34.6 Å². The Kier molecular flexibility index (Phi) is 15.9. The third-order valence-electron chi connectivity index (χ3n) is 6.09. The molecule has 0 aromatic rings. The van der Waals surface area contributed by atoms with Crippen LogP contribution in [0.4, 0.5) is 4.79 Å². The largest absolute Gasteiger partial charge is 0.376 e. The Balaban J connectivity index is 4.98. The van der Waals surface area contributed by atoms with E-state index in [0.717, 1.165) is 0 Å². The number of amides is 5. The number of carbonyl (C=O) groups is 5. The molecule has 0 aliphatic carbocycles. The molecular weight excluding hydrogens is 504 g/mol. The van der Waals surface area contributed by atoms with E-state index in [0.29, 0.717) is 25.9 Å². The van der Waals surface area contributed by atoms with E-state index < -0.39 is 41.5 Å². The molecule has 0 saturated carbocycles. The quantitative estimate of drug-likeness (QED) is 0.137. The van der Waals surface area contributed by atoms with Gasteiger partial charge in [-0.1, -0.05) is 13.8 Å². The van der Waals surface area contributed by atoms with E-state index in [2.05, 4.69) is 26.6 Å². The van der Waals surface area contributed by atoms with Crippen LogP contribution in [0.2, 0.25) is 0 Å². The zero-order valence-corrected chi connectivity index (χ0v) is 25.3. The first-order valence-electron chi connectivity index (χ1n) is 13.6. The number of likely N-dealkylation sites (N-methyl/N-ethyl adjacent to an activating group) is 1. The molecule has 0 aromatic carbocycles. The second kappa shape index (κ2) is 17.1. The van der Waals surface area contributed by atoms with Gasteiger partial charge in [0.1, 0.15) is 6.04 Å². The van der Waals surface area contributed by atoms with Crippen molar-refractivity contribution in [2.75, 3.05) is 20.2 Å². The number of urea groups is 1. The Morgan fingerprint density at radius 3 is 2.00 bits per heavy atom. The average molecular weight is 557 g/mol. The maximum absolute atomic E-state index is 13.0. The van der Waals surface area contributed by atoms with Gasteiger partial charge in [-0.15, -0.1) is 0 Å². The molecule has 0 heterocycles. The molecule has 3 atom stereocenters. The maximum atomic E-state index is 13.0. The minimum absolute atomic E-state index is 0.118. The molecule has 39 heavy (non-hydrogen) atoms. The van der Waals surface area contributed by atoms with E-state index in [9.17, 15) is 24.0 Å². The van der Waals surface area contributed by atoms with Crippen LogP contribution in [-0.4, -0.2) is 79.0 Å². The molecular formula is C27H52N6O6. The molecule has 0 aromatic heterocycles. The van der Waals surface area contributed by atoms with Crippen molar-refractivity contribution in [1.82, 2.24) is 26.6 Å². The normalized spacial score (nSPS) is 14.2. The van der Waals surface area contributed by atoms with Crippen LogP contribution < -0.4 is 32.3 Å². The summed E-state index contributed by atoms with van der Waals surface area (Å²) in [4.78, 5) is 61.5. The molecule has 0 spiro atoms. The molecule has 3 unspecified atom stereocenters. The molecule has 12 heteroatoms. The Morgan fingerprint density at radius 1 is 0.897 bits per heavy atom. The summed E-state index contributed by atoms with van der Waals surface area (Å²) in [6.45, 7) is 15.5. The highest BCUT2D eigenvalue weighted by atomic mass is 16.5. The molecule has 0 radical (unpaired) electrons. The van der Waals surface area contributed by atoms with Crippen LogP contribution in [-0.2, 0) is 23.9 Å². The first kappa shape index (κ1) is 36.3. The van der Waals surface area contributed by atoms with Gasteiger partial charge in [-0.25, -0.2) is 4.79 Å². The first-order chi connectivity index (χ1) is 17.9. The first-order valence-corrected chi connectivity index (χ1v) is 13.6. The molecule has 226 valence electrons. The summed E-state index contributed by atoms with van der Waals surface area (Å²) in [5.74, 6) is -1.56. The molecule has 0 bridgehead atoms. The lowest BCUT2D eigenvalue weighted by Crippen LogP contribution is -2.56. The van der Waals surface area contributed by atoms with Crippen LogP contribution in [0.1, 0.15) is 87.5 Å². The summed E-state index contributed by atoms with van der Waals surface area (Å²) in [5, 5.41) is 13.8. The standard InChI is InChI=1S/C27H52N6O6/c1-17(2)22(24(37)31-19(18(3)34)11-10-15-30-25(28)38)32-23(36)20(29-9)12-13-21(35)33-27(7,8)14-16-39-26(4,5)6/h17,19-20,22,29H,10-16H2,1-9H3,(H,31,37)(H,32,36)(H,33,35)(H3,28,30,38). The third-order valence-corrected chi connectivity index (χ3v) is 6.09. The van der Waals surface area contributed by atoms with Gasteiger partial charge in [-0.3, -0.25) is 19.2 Å². The molecule has 12 nitrogen and oxygen atoms in total. The number of ketones is 1. The van der Waals surface area contributed by atoms with Crippen LogP contribution >= 0.6 is 0 Å². The van der Waals surface area contributed by atoms with Crippen LogP contribution in [0.15, 0.2) is 0 Å². The SMILES string of the molecule is CNC(CCC(=O)NC(C)(C)CCOC(C)(C)C)C(=O)NC(C(=O)NC(CCCNC(N)=O)C(C)=O)C(C)C. The van der Waals surface area contributed by atoms with Crippen LogP contribution in [0.5, 0.6) is 0 Å². The van der Waals surface area contributed by atoms with Crippen molar-refractivity contribution in [2.24, 2.45) is 11.7 Å². The number of rotatable bonds is 18. The van der Waals surface area contributed by atoms with E-state index in [4.69, 9.17) is 10.5 Å². The van der Waals surface area contributed by atoms with E-state index in [1.54, 1.807) is 20.9 Å². The number of nitrogens with one attached hydrogen (secondary N) is 5. The number of carbonyl (C=O) groups excluding carboxylic acids is 5. The molecule has 0 aliphatic rings. The van der Waals surface area contributed by atoms with Crippen LogP contribution in [0.3, 0.4) is 0 Å². The lowest BCUT2D eigenvalue weighted by atomic mass is 9.99. The second-order valence-corrected chi connectivity index (χ2v) is 11.9. The molecule has 0 saturated heterocycles. The Bertz CT molecular complexity index is 824. The number of hydrogen-bond acceptors (Lipinski definition) is 7. The van der Waals surface area contributed by atoms with Gasteiger partial charge in [-0.2, -0.15) is 0 Å². The summed E-state index contributed by atoms with van der Waals surface area (Å²) in [6, 6.07) is -2.99. The Morgan fingerprint density at radius 2 is 1.51 bits per heavy atom. The van der Waals surface area contributed by atoms with Gasteiger partial charge in [0.15, 0.2) is 5.78 Å². The van der Waals surface area contributed by atoms with E-state index in [1.165, 1.54) is 6.92 Å². The number of hydrogen-bond donors (Lipinski definition) is 6. The lowest BCUT2D eigenvalue weighted by Gasteiger charge is -2.29. The fourth-order valence-electron chi connectivity index (χ4n) is 3.74. The average Bonchev–Trinajstić information content (AvgIpc) is 2.77. The van der Waals surface area contributed by atoms with E-state index in [-0.39, 0.29) is 42.6 Å². The number of nitrogens with two attached hydrogens (primary N) is 1. The predicted molar refractivity (Wildman–Crippen MR) is 151 cm³/mol. The molecule has 5 amide bonds. The lowest BCUT2D eigenvalue weighted by molar-refractivity contribution is -0.133. The summed E-state index contributed by atoms with van der Waals surface area (Å²) < 4.78 is 5.75. The highest BCUT2D eigenvalue weighted by Gasteiger charge is 2.30. The summed E-state index contributed by atoms with van der Waals surface area (Å²) in [7, 11) is 1.62. The highest BCUT2D eigenvalue weighted by molar-refractivity contribution is 5.93. The van der Waals surface area contributed by atoms with E-state index >= 15 is 0 Å². The van der Waals surface area contributed by atoms with Gasteiger partial charge in [0, 0.05) is 25.1 Å². The fraction of sp³-hybridized carbons (Fsp3) is 0.815. The predicted octanol–water partition coefficient (Wildman–Crippen LogP) is 1.12. The maximum Gasteiger partial charge on any atom is 0.312 e. The monoisotopic (exact) mass is 556 g/mol. The van der Waals surface area contributed by atoms with Gasteiger partial charge >= 0.3 is 6.03 Å². The number of Topliss-reactive ketones (excluding diaryl/α,β-unsaturated/α-hetero) is 1. The summed E-state index contributed by atoms with van der Waals surface area (Å²) >= 11 is 0. The molecule has 0 rings (SSSR count). The number of ether oxygens (including phenoxy) is 1. The van der Waals surface area contributed by atoms with Crippen molar-refractivity contribution in [3.05, 3.63) is 0 Å². The Labute approximate surface area is 233 Å². The van der Waals surface area contributed by atoms with Crippen molar-refractivity contribution < 1.29 is 28.7 Å². The zero-order valence-electron chi connectivity index (χ0n) is 25.3. The minimum Gasteiger partial charge on any atom is -0.376 e. The smallest absolute Gasteiger partial charge is 0.312 e. The van der Waals surface area contributed by atoms with Gasteiger partial charge < -0.3 is 37.1 Å². The highest BCUT2D eigenvalue weighted by Crippen LogP contribution is 2.14. The van der Waals surface area contributed by atoms with Gasteiger partial charge in [0.2, 0.25) is 17.7 Å². The van der Waals surface area contributed by atoms with Crippen LogP contribution in [0.25, 0.3) is 0 Å². The van der Waals surface area contributed by atoms with Crippen molar-refractivity contribution in [1.29, 1.82) is 0 Å². The minimum atomic E-state index is -0.880. The zero-order chi connectivity index (χ0) is 30.4. The second-order valence-electron chi connectivity index (χ2n) is 11.9. The molecule has 7 N–H and O–H groups in total. The number of primary amides is 1. The van der Waals surface area contributed by atoms with Crippen molar-refractivity contribution in [3.63, 3.8) is 0 Å². The van der Waals surface area contributed by atoms with Crippen molar-refractivity contribution in [2.45, 2.75) is 117 Å². The fourth-order valence-corrected chi connectivity index (χ4v) is 3.74. The van der Waals surface area contributed by atoms with Gasteiger partial charge in [-0.05, 0) is 80.2 Å². The summed E-state index contributed by atoms with van der Waals surface area (Å²) in [5.41, 5.74) is 4.32. The topological polar surface area (TPSA) is 181 Å². The molecule has 0 aliphatic heterocycles. The van der Waals surface area contributed by atoms with Crippen molar-refractivity contribution in [3.8, 4) is 0 Å². The summed E-state index contributed by atoms with van der Waals surface area (Å²) in [6.07, 6.45) is 1.74. The Hall–Kier alpha value is -2.73. The van der Waals surface area contributed by atoms with Gasteiger partial charge in [0.25, 0.3) is 0 Å². The van der Waals surface area contributed by atoms with Crippen LogP contribution in [0, 0.1) is 5.92 Å². The van der Waals surface area contributed by atoms with Gasteiger partial charge in [0.05, 0.1) is 17.7 Å². The molecule has 0 fully saturated rings. The third kappa shape index (κ3) is 16.8.